The number of phenolic OH excluding ortho intramolecular Hbond substituents is 1. The van der Waals surface area contributed by atoms with E-state index in [1.807, 2.05) is 0 Å². The average molecular weight is 555 g/mol. The highest BCUT2D eigenvalue weighted by molar-refractivity contribution is 9.11. The molecule has 0 unspecified atom stereocenters. The first-order valence-electron chi connectivity index (χ1n) is 9.33. The second-order valence-electron chi connectivity index (χ2n) is 6.77. The van der Waals surface area contributed by atoms with Gasteiger partial charge in [-0.1, -0.05) is 47.1 Å². The van der Waals surface area contributed by atoms with Crippen LogP contribution in [0.25, 0.3) is 0 Å². The highest BCUT2D eigenvalue weighted by Gasteiger charge is 2.28. The number of alkyl carbamates (subject to hydrolysis) is 1. The molecule has 2 amide bonds. The number of halogens is 2. The quantitative estimate of drug-likeness (QED) is 0.367. The highest BCUT2D eigenvalue weighted by Crippen LogP contribution is 2.40. The van der Waals surface area contributed by atoms with Crippen molar-refractivity contribution in [2.75, 3.05) is 0 Å². The Bertz CT molecular complexity index is 977. The molecule has 3 N–H and O–H groups in total. The van der Waals surface area contributed by atoms with E-state index in [0.29, 0.717) is 32.9 Å². The van der Waals surface area contributed by atoms with Crippen LogP contribution in [0, 0.1) is 5.92 Å². The number of benzene rings is 2. The molecule has 0 heterocycles. The van der Waals surface area contributed by atoms with Crippen LogP contribution < -0.4 is 5.32 Å². The summed E-state index contributed by atoms with van der Waals surface area (Å²) in [4.78, 5) is 35.4. The number of aromatic hydroxyl groups is 1. The number of hydrogen-bond acceptors (Lipinski definition) is 5. The van der Waals surface area contributed by atoms with Gasteiger partial charge in [-0.3, -0.25) is 10.1 Å². The molecule has 0 spiro atoms. The standard InChI is InChI=1S/C22H21Br2NO6/c1-13(7-5-6-10-18(26)27)20(16-11-15(23)12-17(24)19(16)28)31-22(30)25-21(29)14-8-3-2-4-9-14/h2-4,6,8-13,20,28H,5,7H2,1H3,(H,26,27)(H,25,29,30)/b10-6+/t13-,20-/m1/s1. The van der Waals surface area contributed by atoms with Crippen molar-refractivity contribution in [2.24, 2.45) is 5.92 Å². The van der Waals surface area contributed by atoms with Gasteiger partial charge < -0.3 is 14.9 Å². The largest absolute Gasteiger partial charge is 0.506 e. The molecule has 2 aromatic carbocycles. The van der Waals surface area contributed by atoms with E-state index in [1.165, 1.54) is 6.08 Å². The number of ether oxygens (including phenoxy) is 1. The fourth-order valence-corrected chi connectivity index (χ4v) is 4.14. The molecule has 2 rings (SSSR count). The summed E-state index contributed by atoms with van der Waals surface area (Å²) in [5.74, 6) is -2.06. The van der Waals surface area contributed by atoms with Crippen LogP contribution in [0.15, 0.2) is 63.6 Å². The van der Waals surface area contributed by atoms with Gasteiger partial charge in [0.05, 0.1) is 4.47 Å². The first kappa shape index (κ1) is 24.6. The topological polar surface area (TPSA) is 113 Å². The van der Waals surface area contributed by atoms with Crippen molar-refractivity contribution in [3.8, 4) is 5.75 Å². The van der Waals surface area contributed by atoms with Crippen molar-refractivity contribution in [1.29, 1.82) is 0 Å². The van der Waals surface area contributed by atoms with Gasteiger partial charge in [-0.25, -0.2) is 9.59 Å². The summed E-state index contributed by atoms with van der Waals surface area (Å²) in [6, 6.07) is 11.5. The molecule has 0 aromatic heterocycles. The van der Waals surface area contributed by atoms with E-state index in [1.54, 1.807) is 49.4 Å². The molecule has 0 aliphatic rings. The number of aliphatic carboxylic acids is 1. The number of carboxylic acid groups (broad SMARTS) is 1. The summed E-state index contributed by atoms with van der Waals surface area (Å²) in [6.45, 7) is 1.81. The summed E-state index contributed by atoms with van der Waals surface area (Å²) < 4.78 is 6.61. The van der Waals surface area contributed by atoms with Gasteiger partial charge in [0.2, 0.25) is 0 Å². The summed E-state index contributed by atoms with van der Waals surface area (Å²) in [7, 11) is 0. The number of carbonyl (C=O) groups excluding carboxylic acids is 2. The first-order valence-corrected chi connectivity index (χ1v) is 10.9. The molecule has 0 radical (unpaired) electrons. The van der Waals surface area contributed by atoms with E-state index >= 15 is 0 Å². The van der Waals surface area contributed by atoms with Crippen molar-refractivity contribution in [1.82, 2.24) is 5.32 Å². The molecule has 164 valence electrons. The van der Waals surface area contributed by atoms with Crippen molar-refractivity contribution in [2.45, 2.75) is 25.9 Å². The number of rotatable bonds is 8. The third kappa shape index (κ3) is 7.52. The molecule has 0 saturated carbocycles. The molecule has 7 nitrogen and oxygen atoms in total. The third-order valence-corrected chi connectivity index (χ3v) is 5.48. The van der Waals surface area contributed by atoms with Crippen LogP contribution in [0.2, 0.25) is 0 Å². The molecule has 0 aliphatic heterocycles. The Balaban J connectivity index is 2.22. The number of nitrogens with one attached hydrogen (secondary N) is 1. The maximum absolute atomic E-state index is 12.5. The monoisotopic (exact) mass is 553 g/mol. The zero-order valence-electron chi connectivity index (χ0n) is 16.5. The second-order valence-corrected chi connectivity index (χ2v) is 8.54. The van der Waals surface area contributed by atoms with E-state index in [-0.39, 0.29) is 11.7 Å². The first-order chi connectivity index (χ1) is 14.7. The third-order valence-electron chi connectivity index (χ3n) is 4.42. The highest BCUT2D eigenvalue weighted by atomic mass is 79.9. The number of carboxylic acids is 1. The second kappa shape index (κ2) is 11.7. The molecule has 0 aliphatic carbocycles. The van der Waals surface area contributed by atoms with Gasteiger partial charge in [0.1, 0.15) is 11.9 Å². The van der Waals surface area contributed by atoms with Gasteiger partial charge in [-0.05, 0) is 59.0 Å². The average Bonchev–Trinajstić information content (AvgIpc) is 2.72. The van der Waals surface area contributed by atoms with Crippen molar-refractivity contribution in [3.05, 3.63) is 74.7 Å². The van der Waals surface area contributed by atoms with E-state index in [9.17, 15) is 19.5 Å². The number of amides is 2. The Hall–Kier alpha value is -2.65. The number of imide groups is 1. The van der Waals surface area contributed by atoms with E-state index in [0.717, 1.165) is 6.08 Å². The van der Waals surface area contributed by atoms with E-state index in [4.69, 9.17) is 9.84 Å². The van der Waals surface area contributed by atoms with Gasteiger partial charge in [0.15, 0.2) is 0 Å². The lowest BCUT2D eigenvalue weighted by molar-refractivity contribution is -0.131. The molecule has 0 bridgehead atoms. The fraction of sp³-hybridized carbons (Fsp3) is 0.227. The number of phenols is 1. The molecule has 0 fully saturated rings. The van der Waals surface area contributed by atoms with Crippen LogP contribution in [0.4, 0.5) is 4.79 Å². The van der Waals surface area contributed by atoms with Crippen molar-refractivity contribution in [3.63, 3.8) is 0 Å². The Morgan fingerprint density at radius 3 is 2.48 bits per heavy atom. The van der Waals surface area contributed by atoms with Crippen LogP contribution in [0.5, 0.6) is 5.75 Å². The lowest BCUT2D eigenvalue weighted by Crippen LogP contribution is -2.33. The zero-order chi connectivity index (χ0) is 23.0. The molecule has 0 saturated heterocycles. The molecular formula is C22H21Br2NO6. The zero-order valence-corrected chi connectivity index (χ0v) is 19.7. The maximum atomic E-state index is 12.5. The summed E-state index contributed by atoms with van der Waals surface area (Å²) in [6.07, 6.45) is 1.59. The normalized spacial score (nSPS) is 12.9. The van der Waals surface area contributed by atoms with Gasteiger partial charge in [0.25, 0.3) is 5.91 Å². The minimum Gasteiger partial charge on any atom is -0.506 e. The Kier molecular flexibility index (Phi) is 9.26. The lowest BCUT2D eigenvalue weighted by atomic mass is 9.92. The van der Waals surface area contributed by atoms with Crippen LogP contribution in [0.1, 0.15) is 41.8 Å². The van der Waals surface area contributed by atoms with Gasteiger partial charge in [0, 0.05) is 21.7 Å². The molecule has 9 heteroatoms. The summed E-state index contributed by atoms with van der Waals surface area (Å²) in [5, 5.41) is 21.4. The van der Waals surface area contributed by atoms with Gasteiger partial charge >= 0.3 is 12.1 Å². The smallest absolute Gasteiger partial charge is 0.414 e. The van der Waals surface area contributed by atoms with Crippen LogP contribution in [-0.2, 0) is 9.53 Å². The Labute approximate surface area is 196 Å². The van der Waals surface area contributed by atoms with E-state index in [2.05, 4.69) is 37.2 Å². The van der Waals surface area contributed by atoms with Crippen LogP contribution in [-0.4, -0.2) is 28.2 Å². The molecular weight excluding hydrogens is 534 g/mol. The SMILES string of the molecule is C[C@H](CC/C=C/C(=O)O)[C@@H](OC(=O)NC(=O)c1ccccc1)c1cc(Br)cc(Br)c1O. The molecule has 31 heavy (non-hydrogen) atoms. The minimum atomic E-state index is -1.05. The van der Waals surface area contributed by atoms with E-state index < -0.39 is 24.1 Å². The molecule has 2 aromatic rings. The Morgan fingerprint density at radius 2 is 1.84 bits per heavy atom. The predicted octanol–water partition coefficient (Wildman–Crippen LogP) is 5.58. The van der Waals surface area contributed by atoms with Crippen LogP contribution >= 0.6 is 31.9 Å². The maximum Gasteiger partial charge on any atom is 0.414 e. The van der Waals surface area contributed by atoms with Gasteiger partial charge in [-0.2, -0.15) is 0 Å². The Morgan fingerprint density at radius 1 is 1.16 bits per heavy atom. The minimum absolute atomic E-state index is 0.0942. The van der Waals surface area contributed by atoms with Crippen molar-refractivity contribution < 1.29 is 29.3 Å². The van der Waals surface area contributed by atoms with Crippen LogP contribution in [0.3, 0.4) is 0 Å². The molecule has 2 atom stereocenters. The predicted molar refractivity (Wildman–Crippen MR) is 122 cm³/mol. The lowest BCUT2D eigenvalue weighted by Gasteiger charge is -2.25. The number of allylic oxidation sites excluding steroid dienone is 1. The summed E-state index contributed by atoms with van der Waals surface area (Å²) in [5.41, 5.74) is 0.647. The van der Waals surface area contributed by atoms with Gasteiger partial charge in [-0.15, -0.1) is 0 Å². The number of carbonyl (C=O) groups is 3. The fourth-order valence-electron chi connectivity index (χ4n) is 2.88. The van der Waals surface area contributed by atoms with Crippen molar-refractivity contribution >= 4 is 49.8 Å². The number of hydrogen-bond donors (Lipinski definition) is 3. The summed E-state index contributed by atoms with van der Waals surface area (Å²) >= 11 is 6.62.